The summed E-state index contributed by atoms with van der Waals surface area (Å²) in [5.41, 5.74) is 1.22. The predicted octanol–water partition coefficient (Wildman–Crippen LogP) is 3.34. The third-order valence-corrected chi connectivity index (χ3v) is 4.30. The molecule has 9 heteroatoms. The molecule has 0 saturated heterocycles. The van der Waals surface area contributed by atoms with Crippen molar-refractivity contribution < 1.29 is 23.1 Å². The van der Waals surface area contributed by atoms with Crippen LogP contribution >= 0.6 is 11.8 Å². The number of hydrogen-bond acceptors (Lipinski definition) is 7. The van der Waals surface area contributed by atoms with Crippen LogP contribution in [-0.4, -0.2) is 28.7 Å². The van der Waals surface area contributed by atoms with Crippen LogP contribution in [0.5, 0.6) is 11.5 Å². The van der Waals surface area contributed by atoms with Crippen molar-refractivity contribution in [2.75, 3.05) is 17.9 Å². The average Bonchev–Trinajstić information content (AvgIpc) is 3.30. The highest BCUT2D eigenvalue weighted by Gasteiger charge is 2.17. The summed E-state index contributed by atoms with van der Waals surface area (Å²) in [4.78, 5) is 11.9. The maximum Gasteiger partial charge on any atom is 0.277 e. The molecule has 0 saturated carbocycles. The number of aromatic nitrogens is 2. The second kappa shape index (κ2) is 7.04. The van der Waals surface area contributed by atoms with E-state index in [0.717, 1.165) is 11.8 Å². The van der Waals surface area contributed by atoms with E-state index in [9.17, 15) is 9.18 Å². The number of nitrogens with one attached hydrogen (secondary N) is 1. The number of hydrogen-bond donors (Lipinski definition) is 1. The molecule has 1 aromatic heterocycles. The first-order chi connectivity index (χ1) is 12.7. The molecular formula is C17H12FN3O4S. The van der Waals surface area contributed by atoms with E-state index in [0.29, 0.717) is 28.6 Å². The second-order valence-corrected chi connectivity index (χ2v) is 6.21. The van der Waals surface area contributed by atoms with Crippen LogP contribution in [0, 0.1) is 5.82 Å². The minimum atomic E-state index is -0.362. The van der Waals surface area contributed by atoms with Gasteiger partial charge in [0.25, 0.3) is 5.22 Å². The summed E-state index contributed by atoms with van der Waals surface area (Å²) in [7, 11) is 0. The number of halogens is 1. The standard InChI is InChI=1S/C17H12FN3O4S/c18-11-2-4-12(5-3-11)19-15(22)8-26-17-21-20-16(25-17)10-1-6-13-14(7-10)24-9-23-13/h1-7H,8-9H2,(H,19,22). The van der Waals surface area contributed by atoms with E-state index in [1.807, 2.05) is 0 Å². The van der Waals surface area contributed by atoms with E-state index in [2.05, 4.69) is 15.5 Å². The third kappa shape index (κ3) is 3.62. The van der Waals surface area contributed by atoms with Crippen molar-refractivity contribution in [3.8, 4) is 23.0 Å². The largest absolute Gasteiger partial charge is 0.454 e. The van der Waals surface area contributed by atoms with Gasteiger partial charge in [0.15, 0.2) is 11.5 Å². The van der Waals surface area contributed by atoms with Crippen molar-refractivity contribution in [1.82, 2.24) is 10.2 Å². The first-order valence-corrected chi connectivity index (χ1v) is 8.58. The predicted molar refractivity (Wildman–Crippen MR) is 91.6 cm³/mol. The molecule has 2 aromatic carbocycles. The minimum Gasteiger partial charge on any atom is -0.454 e. The molecule has 0 bridgehead atoms. The van der Waals surface area contributed by atoms with E-state index >= 15 is 0 Å². The molecule has 0 spiro atoms. The van der Waals surface area contributed by atoms with Crippen molar-refractivity contribution >= 4 is 23.4 Å². The number of fused-ring (bicyclic) bond motifs is 1. The fourth-order valence-corrected chi connectivity index (χ4v) is 2.84. The van der Waals surface area contributed by atoms with Gasteiger partial charge in [0, 0.05) is 11.3 Å². The van der Waals surface area contributed by atoms with Crippen LogP contribution in [0.4, 0.5) is 10.1 Å². The van der Waals surface area contributed by atoms with E-state index < -0.39 is 0 Å². The van der Waals surface area contributed by atoms with Gasteiger partial charge in [0.1, 0.15) is 5.82 Å². The maximum absolute atomic E-state index is 12.8. The van der Waals surface area contributed by atoms with Crippen molar-refractivity contribution in [3.63, 3.8) is 0 Å². The number of anilines is 1. The molecule has 0 aliphatic carbocycles. The Balaban J connectivity index is 1.36. The molecule has 2 heterocycles. The van der Waals surface area contributed by atoms with Crippen LogP contribution in [0.2, 0.25) is 0 Å². The van der Waals surface area contributed by atoms with E-state index in [1.54, 1.807) is 18.2 Å². The van der Waals surface area contributed by atoms with Gasteiger partial charge in [-0.2, -0.15) is 0 Å². The molecule has 1 aliphatic rings. The Morgan fingerprint density at radius 2 is 1.92 bits per heavy atom. The zero-order valence-electron chi connectivity index (χ0n) is 13.3. The lowest BCUT2D eigenvalue weighted by Crippen LogP contribution is -2.13. The zero-order valence-corrected chi connectivity index (χ0v) is 14.1. The second-order valence-electron chi connectivity index (χ2n) is 5.28. The molecular weight excluding hydrogens is 361 g/mol. The number of carbonyl (C=O) groups excluding carboxylic acids is 1. The van der Waals surface area contributed by atoms with Gasteiger partial charge in [-0.25, -0.2) is 4.39 Å². The fourth-order valence-electron chi connectivity index (χ4n) is 2.27. The number of ether oxygens (including phenoxy) is 2. The lowest BCUT2D eigenvalue weighted by atomic mass is 10.2. The highest BCUT2D eigenvalue weighted by molar-refractivity contribution is 7.99. The molecule has 3 aromatic rings. The van der Waals surface area contributed by atoms with E-state index in [4.69, 9.17) is 13.9 Å². The molecule has 1 amide bonds. The number of thioether (sulfide) groups is 1. The molecule has 1 aliphatic heterocycles. The smallest absolute Gasteiger partial charge is 0.277 e. The van der Waals surface area contributed by atoms with Gasteiger partial charge in [-0.1, -0.05) is 11.8 Å². The number of amides is 1. The van der Waals surface area contributed by atoms with Crippen LogP contribution in [-0.2, 0) is 4.79 Å². The quantitative estimate of drug-likeness (QED) is 0.687. The molecule has 4 rings (SSSR count). The van der Waals surface area contributed by atoms with Gasteiger partial charge in [0.2, 0.25) is 18.6 Å². The molecule has 0 radical (unpaired) electrons. The molecule has 26 heavy (non-hydrogen) atoms. The van der Waals surface area contributed by atoms with E-state index in [-0.39, 0.29) is 29.5 Å². The van der Waals surface area contributed by atoms with Gasteiger partial charge in [0.05, 0.1) is 5.75 Å². The topological polar surface area (TPSA) is 86.5 Å². The van der Waals surface area contributed by atoms with Crippen molar-refractivity contribution in [2.45, 2.75) is 5.22 Å². The third-order valence-electron chi connectivity index (χ3n) is 3.48. The Kier molecular flexibility index (Phi) is 4.44. The summed E-state index contributed by atoms with van der Waals surface area (Å²) in [5.74, 6) is 1.07. The Labute approximate surface area is 151 Å². The number of benzene rings is 2. The molecule has 0 unspecified atom stereocenters. The number of rotatable bonds is 5. The van der Waals surface area contributed by atoms with Crippen molar-refractivity contribution in [2.24, 2.45) is 0 Å². The Bertz CT molecular complexity index is 945. The zero-order chi connectivity index (χ0) is 17.9. The van der Waals surface area contributed by atoms with Gasteiger partial charge < -0.3 is 19.2 Å². The van der Waals surface area contributed by atoms with Gasteiger partial charge in [-0.15, -0.1) is 10.2 Å². The van der Waals surface area contributed by atoms with Crippen LogP contribution in [0.15, 0.2) is 52.1 Å². The van der Waals surface area contributed by atoms with Crippen LogP contribution in [0.25, 0.3) is 11.5 Å². The van der Waals surface area contributed by atoms with Crippen molar-refractivity contribution in [1.29, 1.82) is 0 Å². The van der Waals surface area contributed by atoms with Gasteiger partial charge in [-0.3, -0.25) is 4.79 Å². The molecule has 1 N–H and O–H groups in total. The molecule has 0 fully saturated rings. The Morgan fingerprint density at radius 1 is 1.12 bits per heavy atom. The lowest BCUT2D eigenvalue weighted by molar-refractivity contribution is -0.113. The molecule has 132 valence electrons. The summed E-state index contributed by atoms with van der Waals surface area (Å²) in [6.45, 7) is 0.187. The Morgan fingerprint density at radius 3 is 2.77 bits per heavy atom. The summed E-state index contributed by atoms with van der Waals surface area (Å²) in [5, 5.41) is 10.8. The first kappa shape index (κ1) is 16.4. The highest BCUT2D eigenvalue weighted by Crippen LogP contribution is 2.36. The minimum absolute atomic E-state index is 0.0835. The van der Waals surface area contributed by atoms with E-state index in [1.165, 1.54) is 24.3 Å². The van der Waals surface area contributed by atoms with Crippen molar-refractivity contribution in [3.05, 3.63) is 48.3 Å². The van der Waals surface area contributed by atoms with Crippen LogP contribution < -0.4 is 14.8 Å². The molecule has 7 nitrogen and oxygen atoms in total. The summed E-state index contributed by atoms with van der Waals surface area (Å²) >= 11 is 1.11. The van der Waals surface area contributed by atoms with Gasteiger partial charge in [-0.05, 0) is 42.5 Å². The van der Waals surface area contributed by atoms with Crippen LogP contribution in [0.1, 0.15) is 0 Å². The average molecular weight is 373 g/mol. The monoisotopic (exact) mass is 373 g/mol. The summed E-state index contributed by atoms with van der Waals surface area (Å²) < 4.78 is 29.0. The fraction of sp³-hybridized carbons (Fsp3) is 0.118. The molecule has 0 atom stereocenters. The first-order valence-electron chi connectivity index (χ1n) is 7.59. The normalized spacial score (nSPS) is 12.2. The summed E-state index contributed by atoms with van der Waals surface area (Å²) in [6, 6.07) is 10.8. The summed E-state index contributed by atoms with van der Waals surface area (Å²) in [6.07, 6.45) is 0. The Hall–Kier alpha value is -3.07. The SMILES string of the molecule is O=C(CSc1nnc(-c2ccc3c(c2)OCO3)o1)Nc1ccc(F)cc1. The van der Waals surface area contributed by atoms with Crippen LogP contribution in [0.3, 0.4) is 0 Å². The highest BCUT2D eigenvalue weighted by atomic mass is 32.2. The maximum atomic E-state index is 12.8. The lowest BCUT2D eigenvalue weighted by Gasteiger charge is -2.03. The number of carbonyl (C=O) groups is 1. The number of nitrogens with zero attached hydrogens (tertiary/aromatic N) is 2. The van der Waals surface area contributed by atoms with Gasteiger partial charge >= 0.3 is 0 Å².